The van der Waals surface area contributed by atoms with Crippen molar-refractivity contribution < 1.29 is 4.74 Å². The number of hydrogen-bond donors (Lipinski definition) is 1. The molecule has 1 heterocycles. The standard InChI is InChI=1S/C13H14BrN3O/c1-15-6-12-7-16-8-13(17-12)18-9-10-2-4-11(14)5-3-10/h2-5,7-8,15H,6,9H2,1H3. The van der Waals surface area contributed by atoms with Crippen molar-refractivity contribution in [3.05, 3.63) is 52.4 Å². The van der Waals surface area contributed by atoms with Crippen LogP contribution in [-0.4, -0.2) is 17.0 Å². The first-order valence-corrected chi connectivity index (χ1v) is 6.40. The minimum atomic E-state index is 0.491. The van der Waals surface area contributed by atoms with Gasteiger partial charge in [-0.15, -0.1) is 0 Å². The maximum absolute atomic E-state index is 5.60. The van der Waals surface area contributed by atoms with Crippen LogP contribution in [0.15, 0.2) is 41.1 Å². The van der Waals surface area contributed by atoms with E-state index in [9.17, 15) is 0 Å². The van der Waals surface area contributed by atoms with E-state index in [1.54, 1.807) is 12.4 Å². The Hall–Kier alpha value is -1.46. The number of rotatable bonds is 5. The van der Waals surface area contributed by atoms with Crippen molar-refractivity contribution in [2.24, 2.45) is 0 Å². The van der Waals surface area contributed by atoms with E-state index in [1.165, 1.54) is 0 Å². The SMILES string of the molecule is CNCc1cncc(OCc2ccc(Br)cc2)n1. The fourth-order valence-corrected chi connectivity index (χ4v) is 1.72. The van der Waals surface area contributed by atoms with Gasteiger partial charge in [0.1, 0.15) is 6.61 Å². The van der Waals surface area contributed by atoms with Gasteiger partial charge >= 0.3 is 0 Å². The Morgan fingerprint density at radius 2 is 2.00 bits per heavy atom. The van der Waals surface area contributed by atoms with Gasteiger partial charge < -0.3 is 10.1 Å². The van der Waals surface area contributed by atoms with Crippen molar-refractivity contribution >= 4 is 15.9 Å². The molecule has 5 heteroatoms. The highest BCUT2D eigenvalue weighted by atomic mass is 79.9. The number of ether oxygens (including phenoxy) is 1. The number of hydrogen-bond acceptors (Lipinski definition) is 4. The molecule has 0 bridgehead atoms. The predicted molar refractivity (Wildman–Crippen MR) is 73.3 cm³/mol. The number of halogens is 1. The van der Waals surface area contributed by atoms with Crippen LogP contribution in [0.1, 0.15) is 11.3 Å². The summed E-state index contributed by atoms with van der Waals surface area (Å²) in [6.07, 6.45) is 3.35. The second kappa shape index (κ2) is 6.47. The zero-order chi connectivity index (χ0) is 12.8. The third-order valence-electron chi connectivity index (χ3n) is 2.32. The molecule has 0 saturated heterocycles. The molecule has 0 aliphatic rings. The number of aromatic nitrogens is 2. The summed E-state index contributed by atoms with van der Waals surface area (Å²) in [6.45, 7) is 1.17. The minimum absolute atomic E-state index is 0.491. The quantitative estimate of drug-likeness (QED) is 0.922. The molecule has 1 aromatic heterocycles. The molecule has 0 spiro atoms. The molecule has 0 radical (unpaired) electrons. The summed E-state index contributed by atoms with van der Waals surface area (Å²) in [5.74, 6) is 0.547. The molecular weight excluding hydrogens is 294 g/mol. The summed E-state index contributed by atoms with van der Waals surface area (Å²) in [5, 5.41) is 3.03. The van der Waals surface area contributed by atoms with E-state index in [0.29, 0.717) is 19.0 Å². The predicted octanol–water partition coefficient (Wildman–Crippen LogP) is 2.54. The van der Waals surface area contributed by atoms with Crippen LogP contribution < -0.4 is 10.1 Å². The van der Waals surface area contributed by atoms with Crippen LogP contribution in [0.3, 0.4) is 0 Å². The van der Waals surface area contributed by atoms with Gasteiger partial charge in [-0.3, -0.25) is 4.98 Å². The van der Waals surface area contributed by atoms with E-state index in [0.717, 1.165) is 15.7 Å². The summed E-state index contributed by atoms with van der Waals surface area (Å²) in [4.78, 5) is 8.43. The first-order chi connectivity index (χ1) is 8.78. The van der Waals surface area contributed by atoms with Gasteiger partial charge in [0.2, 0.25) is 5.88 Å². The smallest absolute Gasteiger partial charge is 0.232 e. The first kappa shape index (κ1) is 13.0. The maximum atomic E-state index is 5.60. The highest BCUT2D eigenvalue weighted by Crippen LogP contribution is 2.13. The zero-order valence-corrected chi connectivity index (χ0v) is 11.6. The van der Waals surface area contributed by atoms with Crippen LogP contribution in [0, 0.1) is 0 Å². The zero-order valence-electron chi connectivity index (χ0n) is 10.1. The Morgan fingerprint density at radius 1 is 1.22 bits per heavy atom. The lowest BCUT2D eigenvalue weighted by molar-refractivity contribution is 0.291. The second-order valence-electron chi connectivity index (χ2n) is 3.79. The Morgan fingerprint density at radius 3 is 2.72 bits per heavy atom. The fraction of sp³-hybridized carbons (Fsp3) is 0.231. The molecule has 2 rings (SSSR count). The molecule has 0 unspecified atom stereocenters. The van der Waals surface area contributed by atoms with Crippen LogP contribution in [0.5, 0.6) is 5.88 Å². The average Bonchev–Trinajstić information content (AvgIpc) is 2.39. The molecule has 1 aromatic carbocycles. The second-order valence-corrected chi connectivity index (χ2v) is 4.71. The third kappa shape index (κ3) is 3.78. The molecule has 1 N–H and O–H groups in total. The largest absolute Gasteiger partial charge is 0.472 e. The van der Waals surface area contributed by atoms with Gasteiger partial charge in [-0.05, 0) is 24.7 Å². The molecule has 2 aromatic rings. The Kier molecular flexibility index (Phi) is 4.66. The van der Waals surface area contributed by atoms with E-state index >= 15 is 0 Å². The lowest BCUT2D eigenvalue weighted by atomic mass is 10.2. The molecule has 0 fully saturated rings. The van der Waals surface area contributed by atoms with Gasteiger partial charge in [0, 0.05) is 17.2 Å². The minimum Gasteiger partial charge on any atom is -0.472 e. The van der Waals surface area contributed by atoms with Gasteiger partial charge in [0.25, 0.3) is 0 Å². The van der Waals surface area contributed by atoms with E-state index < -0.39 is 0 Å². The summed E-state index contributed by atoms with van der Waals surface area (Å²) in [7, 11) is 1.87. The number of nitrogens with one attached hydrogen (secondary N) is 1. The Balaban J connectivity index is 1.97. The van der Waals surface area contributed by atoms with Gasteiger partial charge in [0.05, 0.1) is 11.9 Å². The summed E-state index contributed by atoms with van der Waals surface area (Å²) in [6, 6.07) is 7.99. The van der Waals surface area contributed by atoms with Crippen LogP contribution in [-0.2, 0) is 13.2 Å². The van der Waals surface area contributed by atoms with Crippen molar-refractivity contribution in [2.45, 2.75) is 13.2 Å². The van der Waals surface area contributed by atoms with Crippen molar-refractivity contribution in [1.82, 2.24) is 15.3 Å². The van der Waals surface area contributed by atoms with Crippen LogP contribution in [0.25, 0.3) is 0 Å². The van der Waals surface area contributed by atoms with Crippen LogP contribution >= 0.6 is 15.9 Å². The monoisotopic (exact) mass is 307 g/mol. The van der Waals surface area contributed by atoms with Crippen molar-refractivity contribution in [1.29, 1.82) is 0 Å². The van der Waals surface area contributed by atoms with E-state index in [4.69, 9.17) is 4.74 Å². The third-order valence-corrected chi connectivity index (χ3v) is 2.85. The number of benzene rings is 1. The molecule has 94 valence electrons. The fourth-order valence-electron chi connectivity index (χ4n) is 1.46. The normalized spacial score (nSPS) is 10.3. The van der Waals surface area contributed by atoms with Gasteiger partial charge in [0.15, 0.2) is 0 Å². The van der Waals surface area contributed by atoms with Gasteiger partial charge in [-0.1, -0.05) is 28.1 Å². The number of nitrogens with zero attached hydrogens (tertiary/aromatic N) is 2. The van der Waals surface area contributed by atoms with Gasteiger partial charge in [-0.2, -0.15) is 0 Å². The Labute approximate surface area is 115 Å². The topological polar surface area (TPSA) is 47.0 Å². The molecule has 0 aliphatic carbocycles. The maximum Gasteiger partial charge on any atom is 0.232 e. The lowest BCUT2D eigenvalue weighted by Gasteiger charge is -2.06. The average molecular weight is 308 g/mol. The molecule has 4 nitrogen and oxygen atoms in total. The lowest BCUT2D eigenvalue weighted by Crippen LogP contribution is -2.08. The highest BCUT2D eigenvalue weighted by Gasteiger charge is 2.00. The first-order valence-electron chi connectivity index (χ1n) is 5.60. The summed E-state index contributed by atoms with van der Waals surface area (Å²) >= 11 is 3.40. The molecular formula is C13H14BrN3O. The van der Waals surface area contributed by atoms with E-state index in [1.807, 2.05) is 31.3 Å². The highest BCUT2D eigenvalue weighted by molar-refractivity contribution is 9.10. The van der Waals surface area contributed by atoms with E-state index in [-0.39, 0.29) is 0 Å². The summed E-state index contributed by atoms with van der Waals surface area (Å²) in [5.41, 5.74) is 1.96. The molecule has 0 saturated carbocycles. The summed E-state index contributed by atoms with van der Waals surface area (Å²) < 4.78 is 6.66. The molecule has 0 aliphatic heterocycles. The van der Waals surface area contributed by atoms with Crippen molar-refractivity contribution in [3.8, 4) is 5.88 Å². The van der Waals surface area contributed by atoms with Crippen molar-refractivity contribution in [3.63, 3.8) is 0 Å². The van der Waals surface area contributed by atoms with Crippen molar-refractivity contribution in [2.75, 3.05) is 7.05 Å². The van der Waals surface area contributed by atoms with Crippen LogP contribution in [0.4, 0.5) is 0 Å². The molecule has 0 atom stereocenters. The molecule has 0 amide bonds. The van der Waals surface area contributed by atoms with Crippen LogP contribution in [0.2, 0.25) is 0 Å². The molecule has 18 heavy (non-hydrogen) atoms. The Bertz CT molecular complexity index is 502. The van der Waals surface area contributed by atoms with Gasteiger partial charge in [-0.25, -0.2) is 4.98 Å². The van der Waals surface area contributed by atoms with E-state index in [2.05, 4.69) is 31.2 Å².